The standard InChI is InChI=1S/C14H11BrClFN2O/c1-8-10(15)5-6-13(18-8)19-14(20)7-9-11(16)3-2-4-12(9)17/h2-6H,7H2,1H3,(H,18,19,20). The highest BCUT2D eigenvalue weighted by molar-refractivity contribution is 9.10. The van der Waals surface area contributed by atoms with Gasteiger partial charge in [-0.15, -0.1) is 0 Å². The van der Waals surface area contributed by atoms with Gasteiger partial charge in [-0.05, 0) is 47.1 Å². The Morgan fingerprint density at radius 3 is 2.80 bits per heavy atom. The molecule has 20 heavy (non-hydrogen) atoms. The summed E-state index contributed by atoms with van der Waals surface area (Å²) in [6.45, 7) is 1.81. The molecule has 0 unspecified atom stereocenters. The summed E-state index contributed by atoms with van der Waals surface area (Å²) < 4.78 is 14.4. The first kappa shape index (κ1) is 14.9. The number of benzene rings is 1. The van der Waals surface area contributed by atoms with Gasteiger partial charge in [-0.3, -0.25) is 4.79 Å². The number of carbonyl (C=O) groups excluding carboxylic acids is 1. The largest absolute Gasteiger partial charge is 0.310 e. The van der Waals surface area contributed by atoms with Crippen molar-refractivity contribution in [2.45, 2.75) is 13.3 Å². The molecular formula is C14H11BrClFN2O. The maximum Gasteiger partial charge on any atom is 0.230 e. The lowest BCUT2D eigenvalue weighted by Crippen LogP contribution is -2.16. The van der Waals surface area contributed by atoms with Crippen LogP contribution in [0.15, 0.2) is 34.8 Å². The minimum atomic E-state index is -0.493. The summed E-state index contributed by atoms with van der Waals surface area (Å²) in [4.78, 5) is 16.1. The molecule has 0 radical (unpaired) electrons. The SMILES string of the molecule is Cc1nc(NC(=O)Cc2c(F)cccc2Cl)ccc1Br. The molecule has 0 fully saturated rings. The molecule has 0 aliphatic rings. The first-order chi connectivity index (χ1) is 9.47. The third kappa shape index (κ3) is 3.55. The highest BCUT2D eigenvalue weighted by atomic mass is 79.9. The second kappa shape index (κ2) is 6.33. The Balaban J connectivity index is 2.11. The number of carbonyl (C=O) groups is 1. The fraction of sp³-hybridized carbons (Fsp3) is 0.143. The summed E-state index contributed by atoms with van der Waals surface area (Å²) in [7, 11) is 0. The van der Waals surface area contributed by atoms with Crippen LogP contribution in [0.5, 0.6) is 0 Å². The lowest BCUT2D eigenvalue weighted by molar-refractivity contribution is -0.115. The number of nitrogens with one attached hydrogen (secondary N) is 1. The van der Waals surface area contributed by atoms with E-state index in [0.29, 0.717) is 5.82 Å². The topological polar surface area (TPSA) is 42.0 Å². The zero-order valence-corrected chi connectivity index (χ0v) is 12.9. The van der Waals surface area contributed by atoms with E-state index < -0.39 is 5.82 Å². The van der Waals surface area contributed by atoms with E-state index in [9.17, 15) is 9.18 Å². The van der Waals surface area contributed by atoms with E-state index in [-0.39, 0.29) is 22.9 Å². The van der Waals surface area contributed by atoms with Gasteiger partial charge in [0.2, 0.25) is 5.91 Å². The van der Waals surface area contributed by atoms with Crippen molar-refractivity contribution in [1.82, 2.24) is 4.98 Å². The number of anilines is 1. The van der Waals surface area contributed by atoms with Crippen molar-refractivity contribution in [3.05, 3.63) is 56.9 Å². The molecule has 1 amide bonds. The van der Waals surface area contributed by atoms with E-state index in [2.05, 4.69) is 26.2 Å². The number of amides is 1. The predicted octanol–water partition coefficient (Wildman–Crippen LogP) is 4.13. The van der Waals surface area contributed by atoms with Crippen LogP contribution in [0.1, 0.15) is 11.3 Å². The molecule has 1 aromatic heterocycles. The fourth-order valence-electron chi connectivity index (χ4n) is 1.66. The zero-order valence-electron chi connectivity index (χ0n) is 10.6. The predicted molar refractivity (Wildman–Crippen MR) is 80.4 cm³/mol. The van der Waals surface area contributed by atoms with Crippen LogP contribution in [0.25, 0.3) is 0 Å². The van der Waals surface area contributed by atoms with E-state index >= 15 is 0 Å². The summed E-state index contributed by atoms with van der Waals surface area (Å²) in [6, 6.07) is 7.77. The molecule has 1 aromatic carbocycles. The highest BCUT2D eigenvalue weighted by Gasteiger charge is 2.12. The molecule has 2 rings (SSSR count). The van der Waals surface area contributed by atoms with Crippen molar-refractivity contribution in [3.63, 3.8) is 0 Å². The number of halogens is 3. The second-order valence-electron chi connectivity index (χ2n) is 4.19. The van der Waals surface area contributed by atoms with Gasteiger partial charge in [0.05, 0.1) is 12.1 Å². The van der Waals surface area contributed by atoms with Crippen LogP contribution in [0.2, 0.25) is 5.02 Å². The minimum absolute atomic E-state index is 0.137. The van der Waals surface area contributed by atoms with Crippen molar-refractivity contribution in [3.8, 4) is 0 Å². The summed E-state index contributed by atoms with van der Waals surface area (Å²) >= 11 is 9.21. The Morgan fingerprint density at radius 1 is 1.40 bits per heavy atom. The van der Waals surface area contributed by atoms with Crippen molar-refractivity contribution < 1.29 is 9.18 Å². The van der Waals surface area contributed by atoms with Crippen LogP contribution in [0.4, 0.5) is 10.2 Å². The van der Waals surface area contributed by atoms with Gasteiger partial charge in [-0.25, -0.2) is 9.37 Å². The maximum absolute atomic E-state index is 13.6. The number of nitrogens with zero attached hydrogens (tertiary/aromatic N) is 1. The van der Waals surface area contributed by atoms with E-state index in [1.165, 1.54) is 12.1 Å². The number of hydrogen-bond donors (Lipinski definition) is 1. The normalized spacial score (nSPS) is 10.4. The monoisotopic (exact) mass is 356 g/mol. The van der Waals surface area contributed by atoms with Crippen LogP contribution in [-0.4, -0.2) is 10.9 Å². The third-order valence-corrected chi connectivity index (χ3v) is 3.88. The quantitative estimate of drug-likeness (QED) is 0.897. The van der Waals surface area contributed by atoms with E-state index in [4.69, 9.17) is 11.6 Å². The van der Waals surface area contributed by atoms with Crippen LogP contribution in [0, 0.1) is 12.7 Å². The number of pyridine rings is 1. The van der Waals surface area contributed by atoms with Crippen molar-refractivity contribution in [2.24, 2.45) is 0 Å². The molecule has 0 saturated carbocycles. The van der Waals surface area contributed by atoms with Crippen LogP contribution in [0.3, 0.4) is 0 Å². The number of hydrogen-bond acceptors (Lipinski definition) is 2. The average Bonchev–Trinajstić information content (AvgIpc) is 2.38. The third-order valence-electron chi connectivity index (χ3n) is 2.69. The number of rotatable bonds is 3. The van der Waals surface area contributed by atoms with Gasteiger partial charge in [-0.2, -0.15) is 0 Å². The van der Waals surface area contributed by atoms with Gasteiger partial charge in [-0.1, -0.05) is 17.7 Å². The Labute approximate surface area is 129 Å². The molecule has 0 aliphatic carbocycles. The first-order valence-electron chi connectivity index (χ1n) is 5.83. The molecule has 104 valence electrons. The molecule has 0 atom stereocenters. The van der Waals surface area contributed by atoms with Crippen molar-refractivity contribution >= 4 is 39.3 Å². The van der Waals surface area contributed by atoms with Crippen LogP contribution >= 0.6 is 27.5 Å². The molecule has 0 bridgehead atoms. The summed E-state index contributed by atoms with van der Waals surface area (Å²) in [5.41, 5.74) is 0.937. The zero-order chi connectivity index (χ0) is 14.7. The van der Waals surface area contributed by atoms with E-state index in [1.54, 1.807) is 18.2 Å². The Bertz CT molecular complexity index is 643. The van der Waals surface area contributed by atoms with Gasteiger partial charge in [0.15, 0.2) is 0 Å². The molecule has 0 saturated heterocycles. The van der Waals surface area contributed by atoms with Crippen molar-refractivity contribution in [1.29, 1.82) is 0 Å². The Hall–Kier alpha value is -1.46. The summed E-state index contributed by atoms with van der Waals surface area (Å²) in [5.74, 6) is -0.443. The number of aromatic nitrogens is 1. The Kier molecular flexibility index (Phi) is 4.73. The molecular weight excluding hydrogens is 347 g/mol. The average molecular weight is 358 g/mol. The first-order valence-corrected chi connectivity index (χ1v) is 7.00. The Morgan fingerprint density at radius 2 is 2.15 bits per heavy atom. The molecule has 0 aliphatic heterocycles. The van der Waals surface area contributed by atoms with Gasteiger partial charge in [0.25, 0.3) is 0 Å². The van der Waals surface area contributed by atoms with Gasteiger partial charge < -0.3 is 5.32 Å². The molecule has 6 heteroatoms. The van der Waals surface area contributed by atoms with Crippen molar-refractivity contribution in [2.75, 3.05) is 5.32 Å². The lowest BCUT2D eigenvalue weighted by atomic mass is 10.1. The summed E-state index contributed by atoms with van der Waals surface area (Å²) in [5, 5.41) is 2.85. The molecule has 1 heterocycles. The smallest absolute Gasteiger partial charge is 0.230 e. The van der Waals surface area contributed by atoms with Crippen LogP contribution < -0.4 is 5.32 Å². The molecule has 0 spiro atoms. The summed E-state index contributed by atoms with van der Waals surface area (Å²) in [6.07, 6.45) is -0.137. The molecule has 1 N–H and O–H groups in total. The van der Waals surface area contributed by atoms with Crippen LogP contribution in [-0.2, 0) is 11.2 Å². The number of aryl methyl sites for hydroxylation is 1. The highest BCUT2D eigenvalue weighted by Crippen LogP contribution is 2.20. The molecule has 2 aromatic rings. The fourth-order valence-corrected chi connectivity index (χ4v) is 2.11. The van der Waals surface area contributed by atoms with E-state index in [0.717, 1.165) is 10.2 Å². The second-order valence-corrected chi connectivity index (χ2v) is 5.45. The van der Waals surface area contributed by atoms with Gasteiger partial charge in [0.1, 0.15) is 11.6 Å². The maximum atomic E-state index is 13.6. The molecule has 3 nitrogen and oxygen atoms in total. The van der Waals surface area contributed by atoms with Gasteiger partial charge >= 0.3 is 0 Å². The minimum Gasteiger partial charge on any atom is -0.310 e. The lowest BCUT2D eigenvalue weighted by Gasteiger charge is -2.08. The van der Waals surface area contributed by atoms with Gasteiger partial charge in [0, 0.05) is 15.1 Å². The van der Waals surface area contributed by atoms with E-state index in [1.807, 2.05) is 6.92 Å².